The van der Waals surface area contributed by atoms with Crippen molar-refractivity contribution in [1.29, 1.82) is 0 Å². The first kappa shape index (κ1) is 18.2. The topological polar surface area (TPSA) is 29.5 Å². The van der Waals surface area contributed by atoms with Crippen LogP contribution >= 0.6 is 0 Å². The summed E-state index contributed by atoms with van der Waals surface area (Å²) >= 11 is 0. The molecule has 1 atom stereocenters. The highest BCUT2D eigenvalue weighted by Gasteiger charge is 2.37. The molecule has 0 aromatic heterocycles. The predicted molar refractivity (Wildman–Crippen MR) is 106 cm³/mol. The number of rotatable bonds is 6. The van der Waals surface area contributed by atoms with Crippen LogP contribution in [-0.4, -0.2) is 23.6 Å². The van der Waals surface area contributed by atoms with E-state index in [0.717, 1.165) is 37.1 Å². The number of aryl methyl sites for hydroxylation is 2. The number of cyclic esters (lactones) is 1. The van der Waals surface area contributed by atoms with Crippen LogP contribution in [0.3, 0.4) is 0 Å². The van der Waals surface area contributed by atoms with Crippen molar-refractivity contribution in [3.63, 3.8) is 0 Å². The van der Waals surface area contributed by atoms with E-state index in [2.05, 4.69) is 69.3 Å². The molecule has 1 saturated heterocycles. The van der Waals surface area contributed by atoms with Gasteiger partial charge in [-0.15, -0.1) is 0 Å². The Bertz CT molecular complexity index is 775. The van der Waals surface area contributed by atoms with Crippen LogP contribution < -0.4 is 0 Å². The van der Waals surface area contributed by atoms with Crippen LogP contribution in [0.1, 0.15) is 42.0 Å². The maximum absolute atomic E-state index is 12.5. The molecule has 3 rings (SSSR count). The molecule has 0 aliphatic carbocycles. The van der Waals surface area contributed by atoms with Crippen molar-refractivity contribution in [3.8, 4) is 0 Å². The van der Waals surface area contributed by atoms with Gasteiger partial charge in [0.15, 0.2) is 0 Å². The molecule has 1 heterocycles. The Balaban J connectivity index is 1.88. The van der Waals surface area contributed by atoms with Gasteiger partial charge in [0.1, 0.15) is 5.76 Å². The molecule has 3 heteroatoms. The van der Waals surface area contributed by atoms with E-state index in [1.807, 2.05) is 11.0 Å². The second-order valence-corrected chi connectivity index (χ2v) is 7.08. The summed E-state index contributed by atoms with van der Waals surface area (Å²) in [6.45, 7) is 7.03. The minimum absolute atomic E-state index is 0.0435. The molecule has 26 heavy (non-hydrogen) atoms. The molecule has 0 saturated carbocycles. The van der Waals surface area contributed by atoms with Gasteiger partial charge in [0.2, 0.25) is 0 Å². The van der Waals surface area contributed by atoms with E-state index < -0.39 is 0 Å². The second-order valence-electron chi connectivity index (χ2n) is 7.08. The molecule has 0 bridgehead atoms. The van der Waals surface area contributed by atoms with E-state index in [4.69, 9.17) is 4.74 Å². The predicted octanol–water partition coefficient (Wildman–Crippen LogP) is 5.51. The monoisotopic (exact) mass is 349 g/mol. The number of nitrogens with zero attached hydrogens (tertiary/aromatic N) is 1. The van der Waals surface area contributed by atoms with E-state index in [0.29, 0.717) is 0 Å². The van der Waals surface area contributed by atoms with Gasteiger partial charge in [-0.1, -0.05) is 73.0 Å². The van der Waals surface area contributed by atoms with Crippen LogP contribution in [0.2, 0.25) is 0 Å². The number of benzene rings is 2. The number of hydrogen-bond acceptors (Lipinski definition) is 2. The quantitative estimate of drug-likeness (QED) is 0.688. The number of unbranched alkanes of at least 4 members (excludes halogenated alkanes) is 1. The lowest BCUT2D eigenvalue weighted by molar-refractivity contribution is 0.164. The molecule has 2 aromatic carbocycles. The summed E-state index contributed by atoms with van der Waals surface area (Å²) in [5, 5.41) is 0. The Morgan fingerprint density at radius 3 is 2.23 bits per heavy atom. The average Bonchev–Trinajstić information content (AvgIpc) is 2.91. The molecular formula is C23H27NO2. The van der Waals surface area contributed by atoms with Gasteiger partial charge in [-0.25, -0.2) is 4.79 Å². The van der Waals surface area contributed by atoms with E-state index in [1.165, 1.54) is 16.7 Å². The third-order valence-corrected chi connectivity index (χ3v) is 4.83. The summed E-state index contributed by atoms with van der Waals surface area (Å²) in [7, 11) is 0. The summed E-state index contributed by atoms with van der Waals surface area (Å²) in [6, 6.07) is 16.7. The van der Waals surface area contributed by atoms with Gasteiger partial charge in [0.05, 0.1) is 6.04 Å². The molecule has 3 nitrogen and oxygen atoms in total. The summed E-state index contributed by atoms with van der Waals surface area (Å²) in [6.07, 6.45) is 4.58. The molecule has 0 N–H and O–H groups in total. The third-order valence-electron chi connectivity index (χ3n) is 4.83. The number of hydrogen-bond donors (Lipinski definition) is 0. The van der Waals surface area contributed by atoms with Crippen molar-refractivity contribution in [1.82, 2.24) is 4.90 Å². The maximum atomic E-state index is 12.5. The largest absolute Gasteiger partial charge is 0.415 e. The normalized spacial score (nSPS) is 18.4. The summed E-state index contributed by atoms with van der Waals surface area (Å²) in [5.74, 6) is 0.746. The highest BCUT2D eigenvalue weighted by molar-refractivity contribution is 5.75. The van der Waals surface area contributed by atoms with Gasteiger partial charge in [0.25, 0.3) is 0 Å². The fourth-order valence-electron chi connectivity index (χ4n) is 3.19. The zero-order chi connectivity index (χ0) is 18.5. The number of ether oxygens (including phenoxy) is 1. The Morgan fingerprint density at radius 2 is 1.62 bits per heavy atom. The van der Waals surface area contributed by atoms with Crippen molar-refractivity contribution in [2.45, 2.75) is 46.1 Å². The molecule has 1 aliphatic rings. The summed E-state index contributed by atoms with van der Waals surface area (Å²) < 4.78 is 5.66. The Hall–Kier alpha value is -2.55. The molecule has 1 fully saturated rings. The Labute approximate surface area is 156 Å². The van der Waals surface area contributed by atoms with E-state index in [-0.39, 0.29) is 12.1 Å². The number of amides is 1. The lowest BCUT2D eigenvalue weighted by Gasteiger charge is -2.21. The van der Waals surface area contributed by atoms with Crippen molar-refractivity contribution in [3.05, 3.63) is 76.5 Å². The van der Waals surface area contributed by atoms with Gasteiger partial charge in [-0.05, 0) is 37.5 Å². The third kappa shape index (κ3) is 4.34. The highest BCUT2D eigenvalue weighted by Crippen LogP contribution is 2.28. The molecule has 2 aromatic rings. The van der Waals surface area contributed by atoms with Gasteiger partial charge < -0.3 is 4.74 Å². The second kappa shape index (κ2) is 8.22. The van der Waals surface area contributed by atoms with Gasteiger partial charge in [-0.2, -0.15) is 0 Å². The van der Waals surface area contributed by atoms with Crippen LogP contribution in [0.25, 0.3) is 6.08 Å². The van der Waals surface area contributed by atoms with Crippen LogP contribution in [-0.2, 0) is 11.2 Å². The van der Waals surface area contributed by atoms with Crippen molar-refractivity contribution in [2.24, 2.45) is 0 Å². The van der Waals surface area contributed by atoms with Crippen LogP contribution in [0.15, 0.2) is 54.3 Å². The van der Waals surface area contributed by atoms with Gasteiger partial charge in [0, 0.05) is 13.0 Å². The van der Waals surface area contributed by atoms with E-state index in [1.54, 1.807) is 0 Å². The smallest absolute Gasteiger partial charge is 0.412 e. The zero-order valence-electron chi connectivity index (χ0n) is 15.9. The fraction of sp³-hybridized carbons (Fsp3) is 0.348. The fourth-order valence-corrected chi connectivity index (χ4v) is 3.19. The van der Waals surface area contributed by atoms with E-state index in [9.17, 15) is 4.79 Å². The molecular weight excluding hydrogens is 322 g/mol. The molecule has 1 aliphatic heterocycles. The standard InChI is InChI=1S/C23H27NO2/c1-4-5-14-24-21(15-19-10-6-17(2)7-11-19)22(26-23(24)25)16-20-12-8-18(3)9-13-20/h6-13,16,21H,4-5,14-15H2,1-3H3/b22-16-. The maximum Gasteiger partial charge on any atom is 0.415 e. The summed E-state index contributed by atoms with van der Waals surface area (Å²) in [5.41, 5.74) is 4.74. The van der Waals surface area contributed by atoms with E-state index >= 15 is 0 Å². The number of carbonyl (C=O) groups excluding carboxylic acids is 1. The summed E-state index contributed by atoms with van der Waals surface area (Å²) in [4.78, 5) is 14.3. The minimum Gasteiger partial charge on any atom is -0.412 e. The van der Waals surface area contributed by atoms with Crippen molar-refractivity contribution >= 4 is 12.2 Å². The van der Waals surface area contributed by atoms with Crippen molar-refractivity contribution < 1.29 is 9.53 Å². The van der Waals surface area contributed by atoms with Crippen LogP contribution in [0.5, 0.6) is 0 Å². The SMILES string of the molecule is CCCCN1C(=O)O/C(=C\c2ccc(C)cc2)C1Cc1ccc(C)cc1. The highest BCUT2D eigenvalue weighted by atomic mass is 16.6. The van der Waals surface area contributed by atoms with Crippen LogP contribution in [0, 0.1) is 13.8 Å². The minimum atomic E-state index is -0.228. The molecule has 136 valence electrons. The molecule has 1 amide bonds. The Morgan fingerprint density at radius 1 is 1.00 bits per heavy atom. The number of carbonyl (C=O) groups is 1. The lowest BCUT2D eigenvalue weighted by Crippen LogP contribution is -2.35. The average molecular weight is 349 g/mol. The Kier molecular flexibility index (Phi) is 5.77. The van der Waals surface area contributed by atoms with Gasteiger partial charge in [-0.3, -0.25) is 4.90 Å². The first-order valence-electron chi connectivity index (χ1n) is 9.39. The van der Waals surface area contributed by atoms with Gasteiger partial charge >= 0.3 is 6.09 Å². The molecule has 0 radical (unpaired) electrons. The first-order chi connectivity index (χ1) is 12.6. The lowest BCUT2D eigenvalue weighted by atomic mass is 10.0. The molecule has 0 spiro atoms. The first-order valence-corrected chi connectivity index (χ1v) is 9.39. The van der Waals surface area contributed by atoms with Crippen molar-refractivity contribution in [2.75, 3.05) is 6.54 Å². The van der Waals surface area contributed by atoms with Crippen LogP contribution in [0.4, 0.5) is 4.79 Å². The molecule has 1 unspecified atom stereocenters. The zero-order valence-corrected chi connectivity index (χ0v) is 15.9.